The zero-order chi connectivity index (χ0) is 17.1. The molecular weight excluding hydrogens is 326 g/mol. The molecule has 6 nitrogen and oxygen atoms in total. The van der Waals surface area contributed by atoms with Crippen molar-refractivity contribution < 1.29 is 14.4 Å². The zero-order valence-corrected chi connectivity index (χ0v) is 13.4. The Kier molecular flexibility index (Phi) is 4.52. The average Bonchev–Trinajstić information content (AvgIpc) is 2.56. The predicted octanol–water partition coefficient (Wildman–Crippen LogP) is 2.23. The molecule has 3 amide bonds. The molecule has 0 fully saturated rings. The van der Waals surface area contributed by atoms with Crippen molar-refractivity contribution in [3.8, 4) is 0 Å². The number of nitrogens with two attached hydrogens (primary N) is 1. The molecule has 2 aromatic carbocycles. The van der Waals surface area contributed by atoms with Crippen molar-refractivity contribution in [1.29, 1.82) is 0 Å². The largest absolute Gasteiger partial charge is 0.366 e. The van der Waals surface area contributed by atoms with Crippen molar-refractivity contribution in [1.82, 2.24) is 0 Å². The maximum atomic E-state index is 12.2. The number of primary amides is 1. The predicted molar refractivity (Wildman–Crippen MR) is 92.9 cm³/mol. The van der Waals surface area contributed by atoms with Crippen molar-refractivity contribution in [3.05, 3.63) is 54.1 Å². The Bertz CT molecular complexity index is 805. The maximum Gasteiger partial charge on any atom is 0.248 e. The van der Waals surface area contributed by atoms with E-state index in [2.05, 4.69) is 10.6 Å². The third kappa shape index (κ3) is 3.57. The Labute approximate surface area is 142 Å². The van der Waals surface area contributed by atoms with Gasteiger partial charge in [0.2, 0.25) is 17.7 Å². The van der Waals surface area contributed by atoms with Crippen LogP contribution in [-0.2, 0) is 9.59 Å². The Morgan fingerprint density at radius 3 is 2.54 bits per heavy atom. The number of hydrogen-bond donors (Lipinski definition) is 3. The molecule has 7 heteroatoms. The van der Waals surface area contributed by atoms with E-state index in [1.807, 2.05) is 24.3 Å². The van der Waals surface area contributed by atoms with E-state index in [1.54, 1.807) is 12.1 Å². The lowest BCUT2D eigenvalue weighted by atomic mass is 10.2. The fourth-order valence-electron chi connectivity index (χ4n) is 2.33. The molecule has 0 spiro atoms. The molecule has 122 valence electrons. The van der Waals surface area contributed by atoms with Crippen molar-refractivity contribution in [2.45, 2.75) is 16.6 Å². The van der Waals surface area contributed by atoms with Gasteiger partial charge in [-0.2, -0.15) is 0 Å². The Balaban J connectivity index is 1.63. The normalized spacial score (nSPS) is 16.0. The van der Waals surface area contributed by atoms with Crippen LogP contribution >= 0.6 is 11.8 Å². The SMILES string of the molecule is NC(=O)c1ccc(NC(=O)C[C@@H]2Sc3ccccc3NC2=O)cc1. The van der Waals surface area contributed by atoms with Crippen molar-refractivity contribution >= 4 is 40.9 Å². The van der Waals surface area contributed by atoms with Crippen LogP contribution in [-0.4, -0.2) is 23.0 Å². The fourth-order valence-corrected chi connectivity index (χ4v) is 3.44. The van der Waals surface area contributed by atoms with Gasteiger partial charge in [-0.05, 0) is 36.4 Å². The van der Waals surface area contributed by atoms with Gasteiger partial charge < -0.3 is 16.4 Å². The van der Waals surface area contributed by atoms with E-state index in [-0.39, 0.29) is 18.2 Å². The van der Waals surface area contributed by atoms with Crippen molar-refractivity contribution in [3.63, 3.8) is 0 Å². The van der Waals surface area contributed by atoms with E-state index in [4.69, 9.17) is 5.73 Å². The number of rotatable bonds is 4. The second-order valence-corrected chi connectivity index (χ2v) is 6.53. The van der Waals surface area contributed by atoms with Gasteiger partial charge in [0.25, 0.3) is 0 Å². The highest BCUT2D eigenvalue weighted by Crippen LogP contribution is 2.36. The van der Waals surface area contributed by atoms with Crippen molar-refractivity contribution in [2.75, 3.05) is 10.6 Å². The van der Waals surface area contributed by atoms with Gasteiger partial charge in [-0.25, -0.2) is 0 Å². The lowest BCUT2D eigenvalue weighted by molar-refractivity contribution is -0.120. The van der Waals surface area contributed by atoms with E-state index in [9.17, 15) is 14.4 Å². The minimum Gasteiger partial charge on any atom is -0.366 e. The molecule has 1 aliphatic heterocycles. The Morgan fingerprint density at radius 1 is 1.12 bits per heavy atom. The van der Waals surface area contributed by atoms with Crippen LogP contribution in [0.1, 0.15) is 16.8 Å². The highest BCUT2D eigenvalue weighted by molar-refractivity contribution is 8.01. The van der Waals surface area contributed by atoms with Crippen LogP contribution in [0.15, 0.2) is 53.4 Å². The molecule has 0 bridgehead atoms. The first-order chi connectivity index (χ1) is 11.5. The molecular formula is C17H15N3O3S. The van der Waals surface area contributed by atoms with Gasteiger partial charge in [-0.15, -0.1) is 11.8 Å². The number of amides is 3. The molecule has 0 saturated heterocycles. The highest BCUT2D eigenvalue weighted by atomic mass is 32.2. The van der Waals surface area contributed by atoms with Crippen LogP contribution in [0.5, 0.6) is 0 Å². The minimum absolute atomic E-state index is 0.0579. The van der Waals surface area contributed by atoms with Gasteiger partial charge >= 0.3 is 0 Å². The number of para-hydroxylation sites is 1. The number of anilines is 2. The van der Waals surface area contributed by atoms with Gasteiger partial charge in [0, 0.05) is 22.6 Å². The monoisotopic (exact) mass is 341 g/mol. The fraction of sp³-hybridized carbons (Fsp3) is 0.118. The first-order valence-electron chi connectivity index (χ1n) is 7.29. The molecule has 1 atom stereocenters. The number of thioether (sulfide) groups is 1. The van der Waals surface area contributed by atoms with E-state index in [0.29, 0.717) is 11.3 Å². The van der Waals surface area contributed by atoms with Crippen LogP contribution in [0.4, 0.5) is 11.4 Å². The summed E-state index contributed by atoms with van der Waals surface area (Å²) in [4.78, 5) is 36.2. The maximum absolute atomic E-state index is 12.2. The zero-order valence-electron chi connectivity index (χ0n) is 12.6. The number of nitrogens with one attached hydrogen (secondary N) is 2. The van der Waals surface area contributed by atoms with Crippen LogP contribution in [0.3, 0.4) is 0 Å². The summed E-state index contributed by atoms with van der Waals surface area (Å²) in [5.41, 5.74) is 6.85. The molecule has 1 heterocycles. The Morgan fingerprint density at radius 2 is 1.83 bits per heavy atom. The number of hydrogen-bond acceptors (Lipinski definition) is 4. The topological polar surface area (TPSA) is 101 Å². The molecule has 0 unspecified atom stereocenters. The minimum atomic E-state index is -0.526. The van der Waals surface area contributed by atoms with Gasteiger partial charge in [0.15, 0.2) is 0 Å². The lowest BCUT2D eigenvalue weighted by Gasteiger charge is -2.23. The third-order valence-electron chi connectivity index (χ3n) is 3.53. The van der Waals surface area contributed by atoms with Gasteiger partial charge in [0.1, 0.15) is 0 Å². The third-order valence-corrected chi connectivity index (χ3v) is 4.81. The van der Waals surface area contributed by atoms with Gasteiger partial charge in [-0.1, -0.05) is 12.1 Å². The quantitative estimate of drug-likeness (QED) is 0.793. The molecule has 0 aromatic heterocycles. The van der Waals surface area contributed by atoms with E-state index < -0.39 is 11.2 Å². The first kappa shape index (κ1) is 16.1. The summed E-state index contributed by atoms with van der Waals surface area (Å²) in [6.45, 7) is 0. The molecule has 1 aliphatic rings. The standard InChI is InChI=1S/C17H15N3O3S/c18-16(22)10-5-7-11(8-6-10)19-15(21)9-14-17(23)20-12-3-1-2-4-13(12)24-14/h1-8,14H,9H2,(H2,18,22)(H,19,21)(H,20,23)/t14-/m0/s1. The van der Waals surface area contributed by atoms with Crippen LogP contribution in [0.2, 0.25) is 0 Å². The molecule has 3 rings (SSSR count). The highest BCUT2D eigenvalue weighted by Gasteiger charge is 2.28. The number of carbonyl (C=O) groups excluding carboxylic acids is 3. The summed E-state index contributed by atoms with van der Waals surface area (Å²) in [5, 5.41) is 5.04. The molecule has 24 heavy (non-hydrogen) atoms. The molecule has 0 aliphatic carbocycles. The smallest absolute Gasteiger partial charge is 0.248 e. The Hall–Kier alpha value is -2.80. The second kappa shape index (κ2) is 6.76. The summed E-state index contributed by atoms with van der Waals surface area (Å²) >= 11 is 1.38. The lowest BCUT2D eigenvalue weighted by Crippen LogP contribution is -2.32. The molecule has 0 saturated carbocycles. The van der Waals surface area contributed by atoms with E-state index in [0.717, 1.165) is 10.6 Å². The number of benzene rings is 2. The van der Waals surface area contributed by atoms with Crippen LogP contribution in [0.25, 0.3) is 0 Å². The first-order valence-corrected chi connectivity index (χ1v) is 8.17. The molecule has 0 radical (unpaired) electrons. The second-order valence-electron chi connectivity index (χ2n) is 5.29. The molecule has 4 N–H and O–H groups in total. The summed E-state index contributed by atoms with van der Waals surface area (Å²) in [6, 6.07) is 13.8. The van der Waals surface area contributed by atoms with E-state index >= 15 is 0 Å². The van der Waals surface area contributed by atoms with Crippen LogP contribution in [0, 0.1) is 0 Å². The number of fused-ring (bicyclic) bond motifs is 1. The molecule has 2 aromatic rings. The van der Waals surface area contributed by atoms with Crippen LogP contribution < -0.4 is 16.4 Å². The summed E-state index contributed by atoms with van der Waals surface area (Å²) < 4.78 is 0. The van der Waals surface area contributed by atoms with Gasteiger partial charge in [-0.3, -0.25) is 14.4 Å². The average molecular weight is 341 g/mol. The summed E-state index contributed by atoms with van der Waals surface area (Å²) in [7, 11) is 0. The summed E-state index contributed by atoms with van der Waals surface area (Å²) in [6.07, 6.45) is 0.0579. The van der Waals surface area contributed by atoms with Crippen molar-refractivity contribution in [2.24, 2.45) is 5.73 Å². The number of carbonyl (C=O) groups is 3. The van der Waals surface area contributed by atoms with E-state index in [1.165, 1.54) is 23.9 Å². The van der Waals surface area contributed by atoms with Gasteiger partial charge in [0.05, 0.1) is 10.9 Å². The summed E-state index contributed by atoms with van der Waals surface area (Å²) in [5.74, 6) is -0.978.